The fraction of sp³-hybridized carbons (Fsp3) is 0.480. The van der Waals surface area contributed by atoms with Crippen LogP contribution in [0.5, 0.6) is 11.5 Å². The quantitative estimate of drug-likeness (QED) is 0.594. The second-order valence-electron chi connectivity index (χ2n) is 8.48. The Kier molecular flexibility index (Phi) is 7.89. The highest BCUT2D eigenvalue weighted by Gasteiger charge is 2.32. The van der Waals surface area contributed by atoms with E-state index in [1.165, 1.54) is 38.2 Å². The van der Waals surface area contributed by atoms with E-state index in [4.69, 9.17) is 9.47 Å². The molecule has 0 aliphatic heterocycles. The molecule has 0 aromatic heterocycles. The van der Waals surface area contributed by atoms with Gasteiger partial charge in [-0.1, -0.05) is 25.1 Å². The van der Waals surface area contributed by atoms with Crippen molar-refractivity contribution < 1.29 is 22.7 Å². The first-order chi connectivity index (χ1) is 15.7. The van der Waals surface area contributed by atoms with E-state index in [9.17, 15) is 13.2 Å². The van der Waals surface area contributed by atoms with E-state index in [1.807, 2.05) is 6.92 Å². The highest BCUT2D eigenvalue weighted by atomic mass is 32.2. The first kappa shape index (κ1) is 24.9. The van der Waals surface area contributed by atoms with E-state index in [0.29, 0.717) is 17.9 Å². The van der Waals surface area contributed by atoms with Crippen molar-refractivity contribution in [2.45, 2.75) is 58.0 Å². The normalized spacial score (nSPS) is 15.2. The van der Waals surface area contributed by atoms with Crippen LogP contribution in [0.4, 0.5) is 5.69 Å². The maximum absolute atomic E-state index is 13.3. The van der Waals surface area contributed by atoms with Crippen LogP contribution < -0.4 is 19.1 Å². The summed E-state index contributed by atoms with van der Waals surface area (Å²) in [6, 6.07) is 10.1. The molecule has 2 atom stereocenters. The fourth-order valence-electron chi connectivity index (χ4n) is 4.43. The van der Waals surface area contributed by atoms with Crippen molar-refractivity contribution in [2.75, 3.05) is 24.8 Å². The summed E-state index contributed by atoms with van der Waals surface area (Å²) in [6.07, 6.45) is 6.33. The molecule has 0 saturated carbocycles. The second-order valence-corrected chi connectivity index (χ2v) is 10.3. The Labute approximate surface area is 197 Å². The number of fused-ring (bicyclic) bond motifs is 1. The minimum Gasteiger partial charge on any atom is -0.497 e. The average Bonchev–Trinajstić information content (AvgIpc) is 2.81. The lowest BCUT2D eigenvalue weighted by molar-refractivity contribution is -0.122. The summed E-state index contributed by atoms with van der Waals surface area (Å²) in [4.78, 5) is 13.3. The van der Waals surface area contributed by atoms with E-state index < -0.39 is 16.1 Å². The van der Waals surface area contributed by atoms with Crippen LogP contribution in [0.2, 0.25) is 0 Å². The molecule has 0 bridgehead atoms. The maximum atomic E-state index is 13.3. The number of methoxy groups -OCH3 is 2. The van der Waals surface area contributed by atoms with Crippen molar-refractivity contribution in [1.29, 1.82) is 0 Å². The molecule has 0 radical (unpaired) electrons. The molecule has 1 amide bonds. The highest BCUT2D eigenvalue weighted by molar-refractivity contribution is 7.92. The van der Waals surface area contributed by atoms with Crippen LogP contribution in [0, 0.1) is 0 Å². The summed E-state index contributed by atoms with van der Waals surface area (Å²) in [7, 11) is -0.847. The number of benzene rings is 2. The third-order valence-corrected chi connectivity index (χ3v) is 7.44. The zero-order valence-electron chi connectivity index (χ0n) is 20.1. The van der Waals surface area contributed by atoms with Gasteiger partial charge >= 0.3 is 0 Å². The fourth-order valence-corrected chi connectivity index (χ4v) is 5.60. The number of sulfonamides is 1. The summed E-state index contributed by atoms with van der Waals surface area (Å²) >= 11 is 0. The lowest BCUT2D eigenvalue weighted by Crippen LogP contribution is -2.48. The number of carbonyl (C=O) groups excluding carboxylic acids is 1. The molecule has 1 aliphatic carbocycles. The molecule has 180 valence electrons. The molecule has 33 heavy (non-hydrogen) atoms. The van der Waals surface area contributed by atoms with Crippen LogP contribution in [-0.4, -0.2) is 40.8 Å². The molecule has 0 heterocycles. The first-order valence-electron chi connectivity index (χ1n) is 11.3. The molecule has 1 aliphatic rings. The van der Waals surface area contributed by atoms with Crippen LogP contribution in [0.25, 0.3) is 0 Å². The molecule has 0 unspecified atom stereocenters. The maximum Gasteiger partial charge on any atom is 0.244 e. The Morgan fingerprint density at radius 3 is 2.36 bits per heavy atom. The summed E-state index contributed by atoms with van der Waals surface area (Å²) in [5.74, 6) is 0.421. The Bertz CT molecular complexity index is 1100. The third-order valence-electron chi connectivity index (χ3n) is 6.21. The Balaban J connectivity index is 1.89. The van der Waals surface area contributed by atoms with Crippen LogP contribution in [-0.2, 0) is 27.7 Å². The smallest absolute Gasteiger partial charge is 0.244 e. The number of ether oxygens (including phenoxy) is 2. The SMILES string of the molecule is CC[C@H](NC(=O)[C@H](C)N(c1cc(OC)ccc1OC)S(C)(=O)=O)c1ccc2c(c1)CCCC2. The van der Waals surface area contributed by atoms with Gasteiger partial charge in [0.1, 0.15) is 17.5 Å². The van der Waals surface area contributed by atoms with Crippen molar-refractivity contribution >= 4 is 21.6 Å². The predicted molar refractivity (Wildman–Crippen MR) is 131 cm³/mol. The molecule has 2 aromatic rings. The van der Waals surface area contributed by atoms with Gasteiger partial charge in [0.25, 0.3) is 0 Å². The van der Waals surface area contributed by atoms with Gasteiger partial charge in [0, 0.05) is 6.07 Å². The molecule has 0 spiro atoms. The Morgan fingerprint density at radius 1 is 1.06 bits per heavy atom. The van der Waals surface area contributed by atoms with E-state index in [-0.39, 0.29) is 17.6 Å². The summed E-state index contributed by atoms with van der Waals surface area (Å²) in [6.45, 7) is 3.59. The standard InChI is InChI=1S/C25H34N2O5S/c1-6-22(20-12-11-18-9-7-8-10-19(18)15-20)26-25(28)17(2)27(33(5,29)30)23-16-21(31-3)13-14-24(23)32-4/h11-17,22H,6-10H2,1-5H3,(H,26,28)/t17-,22-/m0/s1. The molecular formula is C25H34N2O5S. The van der Waals surface area contributed by atoms with Crippen molar-refractivity contribution in [3.05, 3.63) is 53.1 Å². The lowest BCUT2D eigenvalue weighted by atomic mass is 9.88. The van der Waals surface area contributed by atoms with Gasteiger partial charge in [-0.15, -0.1) is 0 Å². The Morgan fingerprint density at radius 2 is 1.76 bits per heavy atom. The summed E-state index contributed by atoms with van der Waals surface area (Å²) in [5, 5.41) is 3.06. The van der Waals surface area contributed by atoms with Gasteiger partial charge in [-0.25, -0.2) is 8.42 Å². The predicted octanol–water partition coefficient (Wildman–Crippen LogP) is 4.00. The molecule has 2 aromatic carbocycles. The largest absolute Gasteiger partial charge is 0.497 e. The molecular weight excluding hydrogens is 440 g/mol. The van der Waals surface area contributed by atoms with Gasteiger partial charge in [-0.2, -0.15) is 0 Å². The number of anilines is 1. The number of nitrogens with one attached hydrogen (secondary N) is 1. The number of hydrogen-bond donors (Lipinski definition) is 1. The monoisotopic (exact) mass is 474 g/mol. The second kappa shape index (κ2) is 10.5. The lowest BCUT2D eigenvalue weighted by Gasteiger charge is -2.31. The van der Waals surface area contributed by atoms with E-state index in [2.05, 4.69) is 23.5 Å². The number of hydrogen-bond acceptors (Lipinski definition) is 5. The van der Waals surface area contributed by atoms with Crippen molar-refractivity contribution in [1.82, 2.24) is 5.32 Å². The number of amides is 1. The van der Waals surface area contributed by atoms with Crippen LogP contribution >= 0.6 is 0 Å². The molecule has 0 saturated heterocycles. The van der Waals surface area contributed by atoms with Crippen molar-refractivity contribution in [3.8, 4) is 11.5 Å². The van der Waals surface area contributed by atoms with Crippen molar-refractivity contribution in [2.24, 2.45) is 0 Å². The summed E-state index contributed by atoms with van der Waals surface area (Å²) < 4.78 is 37.3. The Hall–Kier alpha value is -2.74. The van der Waals surface area contributed by atoms with Gasteiger partial charge in [-0.05, 0) is 67.9 Å². The average molecular weight is 475 g/mol. The highest BCUT2D eigenvalue weighted by Crippen LogP contribution is 2.35. The van der Waals surface area contributed by atoms with Crippen LogP contribution in [0.3, 0.4) is 0 Å². The van der Waals surface area contributed by atoms with Crippen molar-refractivity contribution in [3.63, 3.8) is 0 Å². The van der Waals surface area contributed by atoms with Crippen LogP contribution in [0.15, 0.2) is 36.4 Å². The van der Waals surface area contributed by atoms with Crippen LogP contribution in [0.1, 0.15) is 55.8 Å². The zero-order valence-corrected chi connectivity index (χ0v) is 20.9. The molecule has 1 N–H and O–H groups in total. The van der Waals surface area contributed by atoms with E-state index in [0.717, 1.165) is 29.0 Å². The third kappa shape index (κ3) is 5.61. The van der Waals surface area contributed by atoms with E-state index >= 15 is 0 Å². The number of carbonyl (C=O) groups is 1. The number of nitrogens with zero attached hydrogens (tertiary/aromatic N) is 1. The molecule has 7 nitrogen and oxygen atoms in total. The minimum atomic E-state index is -3.80. The van der Waals surface area contributed by atoms with Gasteiger partial charge in [-0.3, -0.25) is 9.10 Å². The first-order valence-corrected chi connectivity index (χ1v) is 13.2. The van der Waals surface area contributed by atoms with Gasteiger partial charge in [0.2, 0.25) is 15.9 Å². The molecule has 3 rings (SSSR count). The van der Waals surface area contributed by atoms with Gasteiger partial charge in [0.15, 0.2) is 0 Å². The number of aryl methyl sites for hydroxylation is 2. The molecule has 8 heteroatoms. The minimum absolute atomic E-state index is 0.208. The summed E-state index contributed by atoms with van der Waals surface area (Å²) in [5.41, 5.74) is 4.03. The van der Waals surface area contributed by atoms with E-state index in [1.54, 1.807) is 25.1 Å². The number of rotatable bonds is 9. The molecule has 0 fully saturated rings. The zero-order chi connectivity index (χ0) is 24.2. The van der Waals surface area contributed by atoms with Gasteiger partial charge < -0.3 is 14.8 Å². The topological polar surface area (TPSA) is 84.9 Å². The van der Waals surface area contributed by atoms with Gasteiger partial charge in [0.05, 0.1) is 32.2 Å².